The van der Waals surface area contributed by atoms with Gasteiger partial charge < -0.3 is 10.1 Å². The van der Waals surface area contributed by atoms with Crippen LogP contribution in [0.15, 0.2) is 11.4 Å². The number of hydrogen-bond acceptors (Lipinski definition) is 3. The fraction of sp³-hybridized carbons (Fsp3) is 0.667. The van der Waals surface area contributed by atoms with Gasteiger partial charge in [-0.25, -0.2) is 0 Å². The quantitative estimate of drug-likeness (QED) is 0.834. The van der Waals surface area contributed by atoms with Crippen molar-refractivity contribution in [2.45, 2.75) is 39.3 Å². The van der Waals surface area contributed by atoms with E-state index < -0.39 is 0 Å². The van der Waals surface area contributed by atoms with Crippen LogP contribution in [0.3, 0.4) is 0 Å². The van der Waals surface area contributed by atoms with Crippen molar-refractivity contribution in [1.82, 2.24) is 5.32 Å². The molecule has 0 saturated carbocycles. The van der Waals surface area contributed by atoms with E-state index in [4.69, 9.17) is 4.74 Å². The summed E-state index contributed by atoms with van der Waals surface area (Å²) in [7, 11) is 1.75. The van der Waals surface area contributed by atoms with Crippen molar-refractivity contribution in [3.05, 3.63) is 21.9 Å². The van der Waals surface area contributed by atoms with Gasteiger partial charge in [0.15, 0.2) is 0 Å². The van der Waals surface area contributed by atoms with E-state index in [1.165, 1.54) is 10.4 Å². The average Bonchev–Trinajstić information content (AvgIpc) is 2.61. The van der Waals surface area contributed by atoms with Crippen molar-refractivity contribution >= 4 is 11.3 Å². The van der Waals surface area contributed by atoms with Gasteiger partial charge in [-0.05, 0) is 44.7 Å². The smallest absolute Gasteiger partial charge is 0.0746 e. The third kappa shape index (κ3) is 3.59. The zero-order chi connectivity index (χ0) is 11.5. The van der Waals surface area contributed by atoms with Crippen LogP contribution in [-0.2, 0) is 4.74 Å². The lowest BCUT2D eigenvalue weighted by Crippen LogP contribution is -2.37. The number of nitrogens with one attached hydrogen (secondary N) is 1. The van der Waals surface area contributed by atoms with Crippen molar-refractivity contribution in [2.24, 2.45) is 0 Å². The zero-order valence-corrected chi connectivity index (χ0v) is 11.1. The molecular weight excluding hydrogens is 206 g/mol. The van der Waals surface area contributed by atoms with Crippen LogP contribution in [0.5, 0.6) is 0 Å². The molecule has 0 amide bonds. The second-order valence-corrected chi connectivity index (χ2v) is 5.48. The molecule has 0 radical (unpaired) electrons. The predicted octanol–water partition coefficient (Wildman–Crippen LogP) is 3.13. The fourth-order valence-electron chi connectivity index (χ4n) is 1.39. The van der Waals surface area contributed by atoms with Crippen molar-refractivity contribution in [2.75, 3.05) is 13.7 Å². The first kappa shape index (κ1) is 12.7. The minimum absolute atomic E-state index is 0.0978. The summed E-state index contributed by atoms with van der Waals surface area (Å²) < 4.78 is 5.38. The van der Waals surface area contributed by atoms with Gasteiger partial charge in [0.2, 0.25) is 0 Å². The highest BCUT2D eigenvalue weighted by atomic mass is 32.1. The Morgan fingerprint density at radius 3 is 2.67 bits per heavy atom. The molecule has 0 aromatic carbocycles. The van der Waals surface area contributed by atoms with Gasteiger partial charge in [-0.15, -0.1) is 11.3 Å². The monoisotopic (exact) mass is 227 g/mol. The summed E-state index contributed by atoms with van der Waals surface area (Å²) in [5.41, 5.74) is 1.27. The molecular formula is C12H21NOS. The van der Waals surface area contributed by atoms with E-state index in [2.05, 4.69) is 44.5 Å². The standard InChI is InChI=1S/C12H21NOS/c1-9-6-7-15-11(9)10(2)13-8-12(3,4)14-5/h6-7,10,13H,8H2,1-5H3. The highest BCUT2D eigenvalue weighted by Crippen LogP contribution is 2.23. The SMILES string of the molecule is COC(C)(C)CNC(C)c1sccc1C. The normalized spacial score (nSPS) is 14.2. The van der Waals surface area contributed by atoms with Gasteiger partial charge in [-0.1, -0.05) is 0 Å². The van der Waals surface area contributed by atoms with Gasteiger partial charge >= 0.3 is 0 Å². The van der Waals surface area contributed by atoms with Crippen LogP contribution in [0.1, 0.15) is 37.3 Å². The van der Waals surface area contributed by atoms with E-state index in [9.17, 15) is 0 Å². The van der Waals surface area contributed by atoms with Crippen molar-refractivity contribution in [3.63, 3.8) is 0 Å². The van der Waals surface area contributed by atoms with Crippen LogP contribution in [0, 0.1) is 6.92 Å². The molecule has 2 nitrogen and oxygen atoms in total. The zero-order valence-electron chi connectivity index (χ0n) is 10.3. The second-order valence-electron chi connectivity index (χ2n) is 4.53. The molecule has 0 fully saturated rings. The molecule has 1 atom stereocenters. The van der Waals surface area contributed by atoms with Gasteiger partial charge in [0, 0.05) is 24.6 Å². The molecule has 0 spiro atoms. The van der Waals surface area contributed by atoms with Gasteiger partial charge in [0.05, 0.1) is 5.60 Å². The lowest BCUT2D eigenvalue weighted by atomic mass is 10.1. The summed E-state index contributed by atoms with van der Waals surface area (Å²) in [6, 6.07) is 2.57. The van der Waals surface area contributed by atoms with Crippen molar-refractivity contribution < 1.29 is 4.74 Å². The maximum absolute atomic E-state index is 5.38. The van der Waals surface area contributed by atoms with Crippen LogP contribution in [0.2, 0.25) is 0 Å². The van der Waals surface area contributed by atoms with E-state index >= 15 is 0 Å². The highest BCUT2D eigenvalue weighted by molar-refractivity contribution is 7.10. The number of hydrogen-bond donors (Lipinski definition) is 1. The molecule has 1 unspecified atom stereocenters. The summed E-state index contributed by atoms with van der Waals surface area (Å²) in [4.78, 5) is 1.42. The first-order chi connectivity index (χ1) is 6.96. The summed E-state index contributed by atoms with van der Waals surface area (Å²) in [5, 5.41) is 5.65. The van der Waals surface area contributed by atoms with Crippen LogP contribution >= 0.6 is 11.3 Å². The topological polar surface area (TPSA) is 21.3 Å². The lowest BCUT2D eigenvalue weighted by molar-refractivity contribution is 0.0215. The molecule has 1 aromatic heterocycles. The van der Waals surface area contributed by atoms with Crippen LogP contribution < -0.4 is 5.32 Å². The fourth-order valence-corrected chi connectivity index (χ4v) is 2.35. The minimum Gasteiger partial charge on any atom is -0.377 e. The Morgan fingerprint density at radius 2 is 2.20 bits per heavy atom. The van der Waals surface area contributed by atoms with Gasteiger partial charge in [0.1, 0.15) is 0 Å². The molecule has 1 heterocycles. The van der Waals surface area contributed by atoms with E-state index in [0.29, 0.717) is 6.04 Å². The van der Waals surface area contributed by atoms with Gasteiger partial charge in [-0.3, -0.25) is 0 Å². The molecule has 1 rings (SSSR count). The summed E-state index contributed by atoms with van der Waals surface area (Å²) in [6.07, 6.45) is 0. The highest BCUT2D eigenvalue weighted by Gasteiger charge is 2.18. The number of thiophene rings is 1. The Balaban J connectivity index is 2.50. The molecule has 86 valence electrons. The molecule has 0 aliphatic heterocycles. The third-order valence-corrected chi connectivity index (χ3v) is 3.88. The summed E-state index contributed by atoms with van der Waals surface area (Å²) >= 11 is 1.81. The average molecular weight is 227 g/mol. The molecule has 1 aromatic rings. The molecule has 0 saturated heterocycles. The Bertz CT molecular complexity index is 306. The van der Waals surface area contributed by atoms with E-state index in [0.717, 1.165) is 6.54 Å². The van der Waals surface area contributed by atoms with E-state index in [-0.39, 0.29) is 5.60 Å². The van der Waals surface area contributed by atoms with Crippen LogP contribution in [0.25, 0.3) is 0 Å². The Kier molecular flexibility index (Phi) is 4.32. The minimum atomic E-state index is -0.0978. The predicted molar refractivity (Wildman–Crippen MR) is 66.6 cm³/mol. The van der Waals surface area contributed by atoms with Crippen molar-refractivity contribution in [3.8, 4) is 0 Å². The van der Waals surface area contributed by atoms with Crippen LogP contribution in [-0.4, -0.2) is 19.3 Å². The first-order valence-electron chi connectivity index (χ1n) is 5.29. The first-order valence-corrected chi connectivity index (χ1v) is 6.17. The Labute approximate surface area is 96.7 Å². The molecule has 3 heteroatoms. The number of aryl methyl sites for hydroxylation is 1. The number of rotatable bonds is 5. The maximum Gasteiger partial charge on any atom is 0.0746 e. The molecule has 0 aliphatic carbocycles. The molecule has 1 N–H and O–H groups in total. The molecule has 0 bridgehead atoms. The lowest BCUT2D eigenvalue weighted by Gasteiger charge is -2.25. The van der Waals surface area contributed by atoms with Gasteiger partial charge in [0.25, 0.3) is 0 Å². The van der Waals surface area contributed by atoms with Crippen LogP contribution in [0.4, 0.5) is 0 Å². The largest absolute Gasteiger partial charge is 0.377 e. The van der Waals surface area contributed by atoms with E-state index in [1.54, 1.807) is 7.11 Å². The molecule has 0 aliphatic rings. The Morgan fingerprint density at radius 1 is 1.53 bits per heavy atom. The number of methoxy groups -OCH3 is 1. The third-order valence-electron chi connectivity index (χ3n) is 2.68. The molecule has 15 heavy (non-hydrogen) atoms. The van der Waals surface area contributed by atoms with Crippen molar-refractivity contribution in [1.29, 1.82) is 0 Å². The number of ether oxygens (including phenoxy) is 1. The summed E-state index contributed by atoms with van der Waals surface area (Å²) in [5.74, 6) is 0. The second kappa shape index (κ2) is 5.10. The van der Waals surface area contributed by atoms with Gasteiger partial charge in [-0.2, -0.15) is 0 Å². The summed E-state index contributed by atoms with van der Waals surface area (Å²) in [6.45, 7) is 9.40. The maximum atomic E-state index is 5.38. The Hall–Kier alpha value is -0.380. The van der Waals surface area contributed by atoms with E-state index in [1.807, 2.05) is 11.3 Å².